The number of phenols is 1. The molecule has 3 heteroatoms. The number of aromatic hydroxyl groups is 1. The standard InChI is InChI=1S/C16H16FNO/c17-11-12-18-15-7-3-13(4-8-15)1-2-14-5-9-16(19)10-6-14/h1-10,18-19H,11-12H2. The van der Waals surface area contributed by atoms with Crippen LogP contribution in [0.3, 0.4) is 0 Å². The van der Waals surface area contributed by atoms with E-state index in [0.29, 0.717) is 6.54 Å². The fraction of sp³-hybridized carbons (Fsp3) is 0.125. The summed E-state index contributed by atoms with van der Waals surface area (Å²) < 4.78 is 12.0. The molecule has 0 fully saturated rings. The van der Waals surface area contributed by atoms with Crippen molar-refractivity contribution >= 4 is 17.8 Å². The van der Waals surface area contributed by atoms with Crippen molar-refractivity contribution in [1.82, 2.24) is 0 Å². The van der Waals surface area contributed by atoms with Gasteiger partial charge in [-0.3, -0.25) is 0 Å². The second-order valence-electron chi connectivity index (χ2n) is 4.16. The summed E-state index contributed by atoms with van der Waals surface area (Å²) in [7, 11) is 0. The minimum atomic E-state index is -0.373. The van der Waals surface area contributed by atoms with Gasteiger partial charge in [-0.2, -0.15) is 0 Å². The summed E-state index contributed by atoms with van der Waals surface area (Å²) in [4.78, 5) is 0. The lowest BCUT2D eigenvalue weighted by Crippen LogP contribution is -2.02. The van der Waals surface area contributed by atoms with Gasteiger partial charge < -0.3 is 10.4 Å². The van der Waals surface area contributed by atoms with Gasteiger partial charge in [-0.05, 0) is 35.4 Å². The van der Waals surface area contributed by atoms with E-state index in [-0.39, 0.29) is 12.4 Å². The highest BCUT2D eigenvalue weighted by molar-refractivity contribution is 5.70. The van der Waals surface area contributed by atoms with Crippen molar-refractivity contribution in [3.05, 3.63) is 59.7 Å². The van der Waals surface area contributed by atoms with Gasteiger partial charge in [0.05, 0.1) is 0 Å². The van der Waals surface area contributed by atoms with Crippen molar-refractivity contribution < 1.29 is 9.50 Å². The van der Waals surface area contributed by atoms with Crippen molar-refractivity contribution in [3.63, 3.8) is 0 Å². The van der Waals surface area contributed by atoms with Gasteiger partial charge in [-0.25, -0.2) is 4.39 Å². The van der Waals surface area contributed by atoms with Crippen LogP contribution < -0.4 is 5.32 Å². The van der Waals surface area contributed by atoms with Crippen LogP contribution in [0, 0.1) is 0 Å². The molecule has 0 spiro atoms. The van der Waals surface area contributed by atoms with E-state index in [1.807, 2.05) is 48.6 Å². The van der Waals surface area contributed by atoms with E-state index in [1.54, 1.807) is 12.1 Å². The number of alkyl halides is 1. The molecule has 0 bridgehead atoms. The molecule has 0 aliphatic rings. The van der Waals surface area contributed by atoms with Crippen LogP contribution in [0.4, 0.5) is 10.1 Å². The molecule has 0 aromatic heterocycles. The second-order valence-corrected chi connectivity index (χ2v) is 4.16. The number of rotatable bonds is 5. The third-order valence-electron chi connectivity index (χ3n) is 2.70. The molecule has 0 heterocycles. The van der Waals surface area contributed by atoms with Gasteiger partial charge in [0.15, 0.2) is 0 Å². The lowest BCUT2D eigenvalue weighted by Gasteiger charge is -2.03. The highest BCUT2D eigenvalue weighted by Gasteiger charge is 1.92. The van der Waals surface area contributed by atoms with Crippen molar-refractivity contribution in [2.75, 3.05) is 18.5 Å². The van der Waals surface area contributed by atoms with E-state index in [4.69, 9.17) is 0 Å². The van der Waals surface area contributed by atoms with Crippen LogP contribution >= 0.6 is 0 Å². The van der Waals surface area contributed by atoms with Crippen LogP contribution in [0.15, 0.2) is 48.5 Å². The minimum absolute atomic E-state index is 0.264. The smallest absolute Gasteiger partial charge is 0.115 e. The molecule has 0 aliphatic heterocycles. The Morgan fingerprint density at radius 1 is 0.895 bits per heavy atom. The van der Waals surface area contributed by atoms with Crippen LogP contribution in [0.2, 0.25) is 0 Å². The Kier molecular flexibility index (Phi) is 4.56. The molecule has 0 aliphatic carbocycles. The zero-order valence-electron chi connectivity index (χ0n) is 10.5. The van der Waals surface area contributed by atoms with E-state index in [9.17, 15) is 9.50 Å². The molecule has 0 amide bonds. The molecular formula is C16H16FNO. The maximum atomic E-state index is 12.0. The summed E-state index contributed by atoms with van der Waals surface area (Å²) >= 11 is 0. The predicted molar refractivity (Wildman–Crippen MR) is 77.9 cm³/mol. The molecule has 2 nitrogen and oxygen atoms in total. The lowest BCUT2D eigenvalue weighted by molar-refractivity contribution is 0.475. The molecule has 2 rings (SSSR count). The monoisotopic (exact) mass is 257 g/mol. The summed E-state index contributed by atoms with van der Waals surface area (Å²) in [6.45, 7) is -0.0365. The largest absolute Gasteiger partial charge is 0.508 e. The number of hydrogen-bond acceptors (Lipinski definition) is 2. The summed E-state index contributed by atoms with van der Waals surface area (Å²) in [5, 5.41) is 12.2. The average Bonchev–Trinajstić information content (AvgIpc) is 2.46. The van der Waals surface area contributed by atoms with Crippen molar-refractivity contribution in [2.45, 2.75) is 0 Å². The average molecular weight is 257 g/mol. The Balaban J connectivity index is 2.00. The maximum Gasteiger partial charge on any atom is 0.115 e. The zero-order chi connectivity index (χ0) is 13.5. The van der Waals surface area contributed by atoms with Crippen LogP contribution in [0.5, 0.6) is 5.75 Å². The molecule has 0 atom stereocenters. The third kappa shape index (κ3) is 4.14. The first-order valence-corrected chi connectivity index (χ1v) is 6.15. The first kappa shape index (κ1) is 13.1. The van der Waals surface area contributed by atoms with E-state index in [1.165, 1.54) is 0 Å². The normalized spacial score (nSPS) is 10.8. The van der Waals surface area contributed by atoms with E-state index >= 15 is 0 Å². The van der Waals surface area contributed by atoms with E-state index < -0.39 is 0 Å². The Morgan fingerprint density at radius 2 is 1.42 bits per heavy atom. The minimum Gasteiger partial charge on any atom is -0.508 e. The fourth-order valence-electron chi connectivity index (χ4n) is 1.68. The van der Waals surface area contributed by atoms with Gasteiger partial charge in [0.1, 0.15) is 12.4 Å². The highest BCUT2D eigenvalue weighted by atomic mass is 19.1. The Bertz CT molecular complexity index is 532. The number of halogens is 1. The molecule has 19 heavy (non-hydrogen) atoms. The number of benzene rings is 2. The number of hydrogen-bond donors (Lipinski definition) is 2. The molecule has 0 unspecified atom stereocenters. The van der Waals surface area contributed by atoms with E-state index in [0.717, 1.165) is 16.8 Å². The van der Waals surface area contributed by atoms with Crippen LogP contribution in [-0.4, -0.2) is 18.3 Å². The van der Waals surface area contributed by atoms with Gasteiger partial charge >= 0.3 is 0 Å². The molecule has 0 saturated carbocycles. The first-order valence-electron chi connectivity index (χ1n) is 6.15. The second kappa shape index (κ2) is 6.59. The molecule has 0 saturated heterocycles. The Labute approximate surface area is 112 Å². The first-order chi connectivity index (χ1) is 9.28. The number of phenolic OH excluding ortho intramolecular Hbond substituents is 1. The third-order valence-corrected chi connectivity index (χ3v) is 2.70. The van der Waals surface area contributed by atoms with Crippen LogP contribution in [0.1, 0.15) is 11.1 Å². The zero-order valence-corrected chi connectivity index (χ0v) is 10.5. The quantitative estimate of drug-likeness (QED) is 0.795. The maximum absolute atomic E-state index is 12.0. The number of anilines is 1. The SMILES string of the molecule is Oc1ccc(C=Cc2ccc(NCCF)cc2)cc1. The summed E-state index contributed by atoms with van der Waals surface area (Å²) in [5.41, 5.74) is 3.01. The van der Waals surface area contributed by atoms with Crippen molar-refractivity contribution in [3.8, 4) is 5.75 Å². The van der Waals surface area contributed by atoms with Gasteiger partial charge in [-0.1, -0.05) is 36.4 Å². The Morgan fingerprint density at radius 3 is 1.95 bits per heavy atom. The van der Waals surface area contributed by atoms with Gasteiger partial charge in [0, 0.05) is 12.2 Å². The predicted octanol–water partition coefficient (Wildman–Crippen LogP) is 3.94. The van der Waals surface area contributed by atoms with Crippen LogP contribution in [0.25, 0.3) is 12.2 Å². The molecule has 0 radical (unpaired) electrons. The topological polar surface area (TPSA) is 32.3 Å². The van der Waals surface area contributed by atoms with Crippen molar-refractivity contribution in [2.24, 2.45) is 0 Å². The molecule has 2 aromatic carbocycles. The molecule has 2 N–H and O–H groups in total. The van der Waals surface area contributed by atoms with Crippen molar-refractivity contribution in [1.29, 1.82) is 0 Å². The van der Waals surface area contributed by atoms with E-state index in [2.05, 4.69) is 5.32 Å². The van der Waals surface area contributed by atoms with Gasteiger partial charge in [-0.15, -0.1) is 0 Å². The molecular weight excluding hydrogens is 241 g/mol. The summed E-state index contributed by atoms with van der Waals surface area (Å²) in [6, 6.07) is 14.8. The fourth-order valence-corrected chi connectivity index (χ4v) is 1.68. The van der Waals surface area contributed by atoms with Gasteiger partial charge in [0.2, 0.25) is 0 Å². The van der Waals surface area contributed by atoms with Gasteiger partial charge in [0.25, 0.3) is 0 Å². The molecule has 2 aromatic rings. The molecule has 98 valence electrons. The Hall–Kier alpha value is -2.29. The highest BCUT2D eigenvalue weighted by Crippen LogP contribution is 2.14. The summed E-state index contributed by atoms with van der Waals surface area (Å²) in [6.07, 6.45) is 3.97. The number of nitrogens with one attached hydrogen (secondary N) is 1. The van der Waals surface area contributed by atoms with Crippen LogP contribution in [-0.2, 0) is 0 Å². The lowest BCUT2D eigenvalue weighted by atomic mass is 10.1. The summed E-state index contributed by atoms with van der Waals surface area (Å²) in [5.74, 6) is 0.264.